The van der Waals surface area contributed by atoms with E-state index in [1.54, 1.807) is 17.0 Å². The van der Waals surface area contributed by atoms with Crippen LogP contribution in [0.3, 0.4) is 0 Å². The number of carbonyl (C=O) groups excluding carboxylic acids is 1. The number of H-pyrrole nitrogens is 1. The van der Waals surface area contributed by atoms with Crippen LogP contribution in [0, 0.1) is 5.82 Å². The second-order valence-corrected chi connectivity index (χ2v) is 5.72. The Morgan fingerprint density at radius 2 is 2.29 bits per heavy atom. The quantitative estimate of drug-likeness (QED) is 0.927. The first-order valence-electron chi connectivity index (χ1n) is 7.75. The van der Waals surface area contributed by atoms with Crippen molar-refractivity contribution in [2.75, 3.05) is 13.7 Å². The van der Waals surface area contributed by atoms with E-state index in [1.165, 1.54) is 25.4 Å². The van der Waals surface area contributed by atoms with E-state index < -0.39 is 11.5 Å². The molecule has 6 nitrogen and oxygen atoms in total. The van der Waals surface area contributed by atoms with Gasteiger partial charge in [-0.3, -0.25) is 4.79 Å². The van der Waals surface area contributed by atoms with Crippen molar-refractivity contribution in [2.24, 2.45) is 0 Å². The molecule has 2 aromatic rings. The molecule has 2 heterocycles. The molecular formula is C17H18FN3O3. The molecule has 1 unspecified atom stereocenters. The first kappa shape index (κ1) is 16.2. The van der Waals surface area contributed by atoms with Crippen LogP contribution in [0.5, 0.6) is 5.75 Å². The fraction of sp³-hybridized carbons (Fsp3) is 0.353. The first-order valence-corrected chi connectivity index (χ1v) is 7.75. The molecule has 1 amide bonds. The highest BCUT2D eigenvalue weighted by Crippen LogP contribution is 2.31. The van der Waals surface area contributed by atoms with Gasteiger partial charge < -0.3 is 14.6 Å². The number of carbonyl (C=O) groups is 1. The van der Waals surface area contributed by atoms with Gasteiger partial charge in [0.25, 0.3) is 0 Å². The summed E-state index contributed by atoms with van der Waals surface area (Å²) >= 11 is 0. The zero-order valence-electron chi connectivity index (χ0n) is 13.3. The van der Waals surface area contributed by atoms with E-state index in [4.69, 9.17) is 4.74 Å². The monoisotopic (exact) mass is 331 g/mol. The molecule has 0 bridgehead atoms. The van der Waals surface area contributed by atoms with Gasteiger partial charge in [0.1, 0.15) is 0 Å². The third-order valence-corrected chi connectivity index (χ3v) is 4.20. The van der Waals surface area contributed by atoms with Crippen LogP contribution in [0.2, 0.25) is 0 Å². The predicted octanol–water partition coefficient (Wildman–Crippen LogP) is 1.82. The van der Waals surface area contributed by atoms with E-state index >= 15 is 0 Å². The van der Waals surface area contributed by atoms with Crippen molar-refractivity contribution >= 4 is 5.91 Å². The smallest absolute Gasteiger partial charge is 0.345 e. The Hall–Kier alpha value is -2.70. The number of likely N-dealkylation sites (tertiary alicyclic amines) is 1. The minimum absolute atomic E-state index is 0.0975. The Morgan fingerprint density at radius 3 is 3.00 bits per heavy atom. The average Bonchev–Trinajstić information content (AvgIpc) is 3.05. The molecule has 7 heteroatoms. The summed E-state index contributed by atoms with van der Waals surface area (Å²) in [5, 5.41) is 0. The lowest BCUT2D eigenvalue weighted by molar-refractivity contribution is -0.131. The van der Waals surface area contributed by atoms with E-state index in [0.29, 0.717) is 17.8 Å². The molecular weight excluding hydrogens is 313 g/mol. The summed E-state index contributed by atoms with van der Waals surface area (Å²) in [7, 11) is 1.40. The highest BCUT2D eigenvalue weighted by Gasteiger charge is 2.30. The zero-order chi connectivity index (χ0) is 17.1. The van der Waals surface area contributed by atoms with Crippen LogP contribution in [-0.2, 0) is 11.2 Å². The Morgan fingerprint density at radius 1 is 1.46 bits per heavy atom. The molecule has 1 atom stereocenters. The van der Waals surface area contributed by atoms with Gasteiger partial charge in [-0.05, 0) is 36.6 Å². The van der Waals surface area contributed by atoms with Crippen molar-refractivity contribution in [2.45, 2.75) is 25.3 Å². The number of nitrogens with zero attached hydrogens (tertiary/aromatic N) is 2. The zero-order valence-corrected chi connectivity index (χ0v) is 13.3. The Balaban J connectivity index is 1.76. The molecule has 0 radical (unpaired) electrons. The molecule has 0 spiro atoms. The number of aromatic nitrogens is 2. The summed E-state index contributed by atoms with van der Waals surface area (Å²) < 4.78 is 18.6. The second kappa shape index (κ2) is 6.82. The van der Waals surface area contributed by atoms with Crippen LogP contribution in [-0.4, -0.2) is 34.4 Å². The van der Waals surface area contributed by atoms with Crippen molar-refractivity contribution in [1.29, 1.82) is 0 Å². The Kier molecular flexibility index (Phi) is 4.59. The molecule has 0 aliphatic carbocycles. The highest BCUT2D eigenvalue weighted by atomic mass is 19.1. The topological polar surface area (TPSA) is 75.3 Å². The standard InChI is InChI=1S/C17H18FN3O3/c1-24-15-5-4-11(9-12(15)18)10-16(22)21-8-2-3-14(21)13-6-7-19-17(23)20-13/h4-7,9,14H,2-3,8,10H2,1H3,(H,19,20,23). The summed E-state index contributed by atoms with van der Waals surface area (Å²) in [4.78, 5) is 32.0. The molecule has 3 rings (SSSR count). The number of amides is 1. The van der Waals surface area contributed by atoms with Crippen molar-refractivity contribution < 1.29 is 13.9 Å². The number of halogens is 1. The van der Waals surface area contributed by atoms with Gasteiger partial charge in [-0.1, -0.05) is 6.07 Å². The number of rotatable bonds is 4. The number of hydrogen-bond acceptors (Lipinski definition) is 4. The fourth-order valence-corrected chi connectivity index (χ4v) is 3.06. The van der Waals surface area contributed by atoms with Crippen molar-refractivity contribution in [3.05, 3.63) is 58.0 Å². The second-order valence-electron chi connectivity index (χ2n) is 5.72. The van der Waals surface area contributed by atoms with E-state index in [0.717, 1.165) is 12.8 Å². The average molecular weight is 331 g/mol. The van der Waals surface area contributed by atoms with Crippen LogP contribution in [0.15, 0.2) is 35.3 Å². The lowest BCUT2D eigenvalue weighted by Crippen LogP contribution is -2.33. The van der Waals surface area contributed by atoms with Crippen molar-refractivity contribution in [3.63, 3.8) is 0 Å². The molecule has 1 aromatic heterocycles. The number of nitrogens with one attached hydrogen (secondary N) is 1. The highest BCUT2D eigenvalue weighted by molar-refractivity contribution is 5.79. The summed E-state index contributed by atoms with van der Waals surface area (Å²) in [5.41, 5.74) is 0.845. The molecule has 0 saturated carbocycles. The Bertz CT molecular complexity index is 806. The third kappa shape index (κ3) is 3.29. The van der Waals surface area contributed by atoms with Crippen molar-refractivity contribution in [1.82, 2.24) is 14.9 Å². The van der Waals surface area contributed by atoms with Gasteiger partial charge in [-0.2, -0.15) is 0 Å². The van der Waals surface area contributed by atoms with Crippen LogP contribution in [0.1, 0.15) is 30.1 Å². The molecule has 126 valence electrons. The molecule has 1 fully saturated rings. The summed E-state index contributed by atoms with van der Waals surface area (Å²) in [5.74, 6) is -0.432. The predicted molar refractivity (Wildman–Crippen MR) is 85.2 cm³/mol. The summed E-state index contributed by atoms with van der Waals surface area (Å²) in [6.45, 7) is 0.618. The van der Waals surface area contributed by atoms with Crippen LogP contribution in [0.25, 0.3) is 0 Å². The SMILES string of the molecule is COc1ccc(CC(=O)N2CCCC2c2ccnc(=O)[nH]2)cc1F. The van der Waals surface area contributed by atoms with E-state index in [1.807, 2.05) is 0 Å². The van der Waals surface area contributed by atoms with Gasteiger partial charge >= 0.3 is 5.69 Å². The van der Waals surface area contributed by atoms with Gasteiger partial charge in [0.2, 0.25) is 5.91 Å². The van der Waals surface area contributed by atoms with Crippen LogP contribution in [0.4, 0.5) is 4.39 Å². The minimum atomic E-state index is -0.487. The lowest BCUT2D eigenvalue weighted by atomic mass is 10.1. The van der Waals surface area contributed by atoms with Crippen LogP contribution >= 0.6 is 0 Å². The summed E-state index contributed by atoms with van der Waals surface area (Å²) in [6, 6.07) is 6.05. The maximum atomic E-state index is 13.8. The van der Waals surface area contributed by atoms with Gasteiger partial charge in [0.15, 0.2) is 11.6 Å². The number of benzene rings is 1. The fourth-order valence-electron chi connectivity index (χ4n) is 3.06. The number of hydrogen-bond donors (Lipinski definition) is 1. The van der Waals surface area contributed by atoms with E-state index in [-0.39, 0.29) is 24.1 Å². The molecule has 1 N–H and O–H groups in total. The third-order valence-electron chi connectivity index (χ3n) is 4.20. The minimum Gasteiger partial charge on any atom is -0.494 e. The number of aromatic amines is 1. The lowest BCUT2D eigenvalue weighted by Gasteiger charge is -2.24. The first-order chi connectivity index (χ1) is 11.6. The molecule has 24 heavy (non-hydrogen) atoms. The molecule has 1 aromatic carbocycles. The van der Waals surface area contributed by atoms with Gasteiger partial charge in [-0.15, -0.1) is 0 Å². The number of methoxy groups -OCH3 is 1. The van der Waals surface area contributed by atoms with Gasteiger partial charge in [0, 0.05) is 18.4 Å². The van der Waals surface area contributed by atoms with E-state index in [9.17, 15) is 14.0 Å². The molecule has 1 aliphatic rings. The van der Waals surface area contributed by atoms with Gasteiger partial charge in [0.05, 0.1) is 19.6 Å². The van der Waals surface area contributed by atoms with Crippen molar-refractivity contribution in [3.8, 4) is 5.75 Å². The van der Waals surface area contributed by atoms with Crippen LogP contribution < -0.4 is 10.4 Å². The maximum absolute atomic E-state index is 13.8. The maximum Gasteiger partial charge on any atom is 0.345 e. The molecule has 1 aliphatic heterocycles. The van der Waals surface area contributed by atoms with Gasteiger partial charge in [-0.25, -0.2) is 14.2 Å². The Labute approximate surface area is 138 Å². The molecule has 1 saturated heterocycles. The van der Waals surface area contributed by atoms with E-state index in [2.05, 4.69) is 9.97 Å². The normalized spacial score (nSPS) is 17.1. The number of ether oxygens (including phenoxy) is 1. The largest absolute Gasteiger partial charge is 0.494 e. The summed E-state index contributed by atoms with van der Waals surface area (Å²) in [6.07, 6.45) is 3.18.